The van der Waals surface area contributed by atoms with Crippen LogP contribution in [0.2, 0.25) is 0 Å². The zero-order valence-electron chi connectivity index (χ0n) is 7.22. The van der Waals surface area contributed by atoms with Gasteiger partial charge in [-0.3, -0.25) is 0 Å². The second-order valence-electron chi connectivity index (χ2n) is 1.99. The Hall–Kier alpha value is -0.990. The summed E-state index contributed by atoms with van der Waals surface area (Å²) in [5.74, 6) is 0.666. The molecule has 0 aromatic rings. The van der Waals surface area contributed by atoms with Crippen molar-refractivity contribution in [1.82, 2.24) is 0 Å². The number of carbonyl (C=O) groups is 1. The summed E-state index contributed by atoms with van der Waals surface area (Å²) in [5, 5.41) is 0. The highest BCUT2D eigenvalue weighted by atomic mass is 16.7. The standard InChI is InChI=1S/C8H14O3/c1-4-6-7(5-2)11-8(9)10-3/h6H,4-5H2,1-3H3. The van der Waals surface area contributed by atoms with Crippen LogP contribution in [0.15, 0.2) is 11.8 Å². The maximum Gasteiger partial charge on any atom is 0.513 e. The van der Waals surface area contributed by atoms with Crippen molar-refractivity contribution in [2.45, 2.75) is 26.7 Å². The van der Waals surface area contributed by atoms with Gasteiger partial charge in [0.1, 0.15) is 5.76 Å². The molecule has 0 rings (SSSR count). The highest BCUT2D eigenvalue weighted by molar-refractivity contribution is 5.61. The van der Waals surface area contributed by atoms with Crippen LogP contribution >= 0.6 is 0 Å². The van der Waals surface area contributed by atoms with Gasteiger partial charge in [-0.2, -0.15) is 0 Å². The smallest absolute Gasteiger partial charge is 0.437 e. The van der Waals surface area contributed by atoms with Crippen LogP contribution < -0.4 is 0 Å². The molecule has 0 atom stereocenters. The second kappa shape index (κ2) is 5.77. The molecule has 0 fully saturated rings. The first-order chi connectivity index (χ1) is 5.24. The van der Waals surface area contributed by atoms with Gasteiger partial charge >= 0.3 is 6.16 Å². The second-order valence-corrected chi connectivity index (χ2v) is 1.99. The third kappa shape index (κ3) is 4.42. The van der Waals surface area contributed by atoms with E-state index in [9.17, 15) is 4.79 Å². The zero-order chi connectivity index (χ0) is 8.69. The van der Waals surface area contributed by atoms with E-state index >= 15 is 0 Å². The van der Waals surface area contributed by atoms with Crippen LogP contribution in [0.5, 0.6) is 0 Å². The van der Waals surface area contributed by atoms with Crippen molar-refractivity contribution >= 4 is 6.16 Å². The van der Waals surface area contributed by atoms with Gasteiger partial charge < -0.3 is 9.47 Å². The quantitative estimate of drug-likeness (QED) is 0.467. The van der Waals surface area contributed by atoms with E-state index in [1.54, 1.807) is 0 Å². The molecule has 0 heterocycles. The third-order valence-corrected chi connectivity index (χ3v) is 1.16. The molecule has 0 radical (unpaired) electrons. The summed E-state index contributed by atoms with van der Waals surface area (Å²) in [6.45, 7) is 3.90. The molecule has 0 unspecified atom stereocenters. The number of methoxy groups -OCH3 is 1. The lowest BCUT2D eigenvalue weighted by molar-refractivity contribution is 0.0950. The minimum atomic E-state index is -0.647. The van der Waals surface area contributed by atoms with Gasteiger partial charge in [0.25, 0.3) is 0 Å². The molecule has 11 heavy (non-hydrogen) atoms. The van der Waals surface area contributed by atoms with E-state index < -0.39 is 6.16 Å². The van der Waals surface area contributed by atoms with E-state index in [1.807, 2.05) is 19.9 Å². The van der Waals surface area contributed by atoms with Crippen LogP contribution in [0.1, 0.15) is 26.7 Å². The molecule has 0 aromatic carbocycles. The maximum atomic E-state index is 10.6. The number of rotatable bonds is 3. The monoisotopic (exact) mass is 158 g/mol. The van der Waals surface area contributed by atoms with Gasteiger partial charge in [0.15, 0.2) is 0 Å². The van der Waals surface area contributed by atoms with Gasteiger partial charge in [-0.05, 0) is 12.5 Å². The van der Waals surface area contributed by atoms with Gasteiger partial charge in [-0.15, -0.1) is 0 Å². The Morgan fingerprint density at radius 1 is 1.45 bits per heavy atom. The third-order valence-electron chi connectivity index (χ3n) is 1.16. The molecule has 3 heteroatoms. The van der Waals surface area contributed by atoms with Crippen molar-refractivity contribution in [1.29, 1.82) is 0 Å². The SMILES string of the molecule is CCC=C(CC)OC(=O)OC. The first kappa shape index (κ1) is 10.0. The summed E-state index contributed by atoms with van der Waals surface area (Å²) in [7, 11) is 1.29. The van der Waals surface area contributed by atoms with Crippen molar-refractivity contribution in [2.75, 3.05) is 7.11 Å². The molecule has 64 valence electrons. The number of carbonyl (C=O) groups excluding carboxylic acids is 1. The number of ether oxygens (including phenoxy) is 2. The predicted molar refractivity (Wildman–Crippen MR) is 42.2 cm³/mol. The summed E-state index contributed by atoms with van der Waals surface area (Å²) < 4.78 is 9.12. The topological polar surface area (TPSA) is 35.5 Å². The minimum absolute atomic E-state index is 0.647. The average Bonchev–Trinajstić information content (AvgIpc) is 2.03. The fourth-order valence-corrected chi connectivity index (χ4v) is 0.635. The van der Waals surface area contributed by atoms with E-state index in [-0.39, 0.29) is 0 Å². The normalized spacial score (nSPS) is 11.0. The molecule has 3 nitrogen and oxygen atoms in total. The van der Waals surface area contributed by atoms with E-state index in [4.69, 9.17) is 4.74 Å². The van der Waals surface area contributed by atoms with Crippen molar-refractivity contribution < 1.29 is 14.3 Å². The van der Waals surface area contributed by atoms with Crippen LogP contribution in [-0.4, -0.2) is 13.3 Å². The van der Waals surface area contributed by atoms with Gasteiger partial charge in [-0.25, -0.2) is 4.79 Å². The first-order valence-electron chi connectivity index (χ1n) is 3.69. The molecule has 0 N–H and O–H groups in total. The van der Waals surface area contributed by atoms with Crippen LogP contribution in [-0.2, 0) is 9.47 Å². The molecular weight excluding hydrogens is 144 g/mol. The fourth-order valence-electron chi connectivity index (χ4n) is 0.635. The Balaban J connectivity index is 3.87. The van der Waals surface area contributed by atoms with Crippen molar-refractivity contribution in [3.05, 3.63) is 11.8 Å². The summed E-state index contributed by atoms with van der Waals surface area (Å²) in [4.78, 5) is 10.6. The zero-order valence-corrected chi connectivity index (χ0v) is 7.22. The van der Waals surface area contributed by atoms with E-state index in [2.05, 4.69) is 4.74 Å². The maximum absolute atomic E-state index is 10.6. The fraction of sp³-hybridized carbons (Fsp3) is 0.625. The summed E-state index contributed by atoms with van der Waals surface area (Å²) in [6.07, 6.45) is 2.78. The molecular formula is C8H14O3. The Bertz CT molecular complexity index is 149. The molecule has 0 amide bonds. The summed E-state index contributed by atoms with van der Waals surface area (Å²) in [5.41, 5.74) is 0. The van der Waals surface area contributed by atoms with Crippen molar-refractivity contribution in [3.8, 4) is 0 Å². The van der Waals surface area contributed by atoms with Crippen LogP contribution in [0.3, 0.4) is 0 Å². The Morgan fingerprint density at radius 2 is 2.09 bits per heavy atom. The molecule has 0 saturated heterocycles. The lowest BCUT2D eigenvalue weighted by Crippen LogP contribution is -2.03. The lowest BCUT2D eigenvalue weighted by Gasteiger charge is -2.03. The number of hydrogen-bond acceptors (Lipinski definition) is 3. The van der Waals surface area contributed by atoms with E-state index in [1.165, 1.54) is 7.11 Å². The summed E-state index contributed by atoms with van der Waals surface area (Å²) in [6, 6.07) is 0. The predicted octanol–water partition coefficient (Wildman–Crippen LogP) is 2.47. The van der Waals surface area contributed by atoms with Crippen molar-refractivity contribution in [2.24, 2.45) is 0 Å². The molecule has 0 aliphatic heterocycles. The van der Waals surface area contributed by atoms with Crippen molar-refractivity contribution in [3.63, 3.8) is 0 Å². The van der Waals surface area contributed by atoms with Crippen LogP contribution in [0, 0.1) is 0 Å². The molecule has 0 aliphatic rings. The van der Waals surface area contributed by atoms with E-state index in [0.717, 1.165) is 6.42 Å². The number of hydrogen-bond donors (Lipinski definition) is 0. The molecule has 0 bridgehead atoms. The highest BCUT2D eigenvalue weighted by Crippen LogP contribution is 2.04. The van der Waals surface area contributed by atoms with E-state index in [0.29, 0.717) is 12.2 Å². The molecule has 0 aliphatic carbocycles. The summed E-state index contributed by atoms with van der Waals surface area (Å²) >= 11 is 0. The van der Waals surface area contributed by atoms with Gasteiger partial charge in [0.2, 0.25) is 0 Å². The molecule has 0 spiro atoms. The average molecular weight is 158 g/mol. The minimum Gasteiger partial charge on any atom is -0.437 e. The Kier molecular flexibility index (Phi) is 5.25. The first-order valence-corrected chi connectivity index (χ1v) is 3.69. The van der Waals surface area contributed by atoms with Gasteiger partial charge in [0, 0.05) is 6.42 Å². The molecule has 0 aromatic heterocycles. The molecule has 0 saturated carbocycles. The Morgan fingerprint density at radius 3 is 2.45 bits per heavy atom. The Labute approximate surface area is 67.0 Å². The largest absolute Gasteiger partial charge is 0.513 e. The van der Waals surface area contributed by atoms with Gasteiger partial charge in [0.05, 0.1) is 7.11 Å². The number of allylic oxidation sites excluding steroid dienone is 2. The van der Waals surface area contributed by atoms with Gasteiger partial charge in [-0.1, -0.05) is 13.8 Å². The van der Waals surface area contributed by atoms with Crippen LogP contribution in [0.25, 0.3) is 0 Å². The van der Waals surface area contributed by atoms with Crippen LogP contribution in [0.4, 0.5) is 4.79 Å². The highest BCUT2D eigenvalue weighted by Gasteiger charge is 2.02. The lowest BCUT2D eigenvalue weighted by atomic mass is 10.3.